The van der Waals surface area contributed by atoms with E-state index in [0.717, 1.165) is 20.8 Å². The van der Waals surface area contributed by atoms with E-state index < -0.39 is 0 Å². The minimum absolute atomic E-state index is 0.0421. The molecule has 0 bridgehead atoms. The third-order valence-electron chi connectivity index (χ3n) is 3.19. The molecule has 1 unspecified atom stereocenters. The Labute approximate surface area is 121 Å². The number of carbonyl (C=O) groups excluding carboxylic acids is 1. The van der Waals surface area contributed by atoms with Crippen molar-refractivity contribution in [1.82, 2.24) is 10.2 Å². The van der Waals surface area contributed by atoms with Crippen LogP contribution in [0.4, 0.5) is 0 Å². The van der Waals surface area contributed by atoms with Gasteiger partial charge in [-0.3, -0.25) is 4.79 Å². The third kappa shape index (κ3) is 3.56. The smallest absolute Gasteiger partial charge is 0.261 e. The Balaban J connectivity index is 1.86. The summed E-state index contributed by atoms with van der Waals surface area (Å²) >= 11 is 4.95. The molecule has 0 radical (unpaired) electrons. The third-order valence-corrected chi connectivity index (χ3v) is 5.32. The topological polar surface area (TPSA) is 32.3 Å². The number of nitrogens with zero attached hydrogens (tertiary/aromatic N) is 1. The summed E-state index contributed by atoms with van der Waals surface area (Å²) in [5.74, 6) is 0.0421. The lowest BCUT2D eigenvalue weighted by atomic mass is 10.3. The number of thiophene rings is 1. The lowest BCUT2D eigenvalue weighted by molar-refractivity contribution is 0.0936. The second kappa shape index (κ2) is 6.17. The maximum Gasteiger partial charge on any atom is 0.261 e. The predicted octanol–water partition coefficient (Wildman–Crippen LogP) is 3.03. The van der Waals surface area contributed by atoms with Crippen LogP contribution in [0.1, 0.15) is 35.0 Å². The average molecular weight is 331 g/mol. The molecular formula is C13H19BrN2OS. The van der Waals surface area contributed by atoms with E-state index in [2.05, 4.69) is 33.1 Å². The molecule has 3 nitrogen and oxygen atoms in total. The van der Waals surface area contributed by atoms with E-state index in [4.69, 9.17) is 0 Å². The largest absolute Gasteiger partial charge is 0.348 e. The second-order valence-electron chi connectivity index (χ2n) is 4.95. The van der Waals surface area contributed by atoms with Crippen LogP contribution in [0.25, 0.3) is 0 Å². The number of amides is 1. The molecule has 1 saturated heterocycles. The fourth-order valence-electron chi connectivity index (χ4n) is 2.26. The van der Waals surface area contributed by atoms with Crippen molar-refractivity contribution in [2.24, 2.45) is 0 Å². The Hall–Kier alpha value is -0.390. The second-order valence-corrected chi connectivity index (χ2v) is 7.32. The molecule has 100 valence electrons. The van der Waals surface area contributed by atoms with Crippen LogP contribution in [-0.2, 0) is 0 Å². The number of carbonyl (C=O) groups is 1. The van der Waals surface area contributed by atoms with Crippen LogP contribution in [0.2, 0.25) is 0 Å². The van der Waals surface area contributed by atoms with Crippen LogP contribution in [0, 0.1) is 6.92 Å². The molecule has 1 amide bonds. The number of nitrogens with one attached hydrogen (secondary N) is 1. The number of hydrogen-bond acceptors (Lipinski definition) is 3. The monoisotopic (exact) mass is 330 g/mol. The molecular weight excluding hydrogens is 312 g/mol. The maximum absolute atomic E-state index is 12.1. The molecule has 1 aliphatic heterocycles. The Morgan fingerprint density at radius 2 is 2.22 bits per heavy atom. The highest BCUT2D eigenvalue weighted by atomic mass is 79.9. The molecule has 5 heteroatoms. The van der Waals surface area contributed by atoms with E-state index in [1.165, 1.54) is 37.3 Å². The van der Waals surface area contributed by atoms with Gasteiger partial charge in [0.25, 0.3) is 5.91 Å². The highest BCUT2D eigenvalue weighted by molar-refractivity contribution is 9.11. The first-order valence-corrected chi connectivity index (χ1v) is 7.96. The molecule has 1 aromatic heterocycles. The SMILES string of the molecule is Cc1cc(C(=O)NC(C)CN2CCCC2)sc1Br. The van der Waals surface area contributed by atoms with E-state index >= 15 is 0 Å². The lowest BCUT2D eigenvalue weighted by Gasteiger charge is -2.20. The van der Waals surface area contributed by atoms with Gasteiger partial charge >= 0.3 is 0 Å². The summed E-state index contributed by atoms with van der Waals surface area (Å²) in [5.41, 5.74) is 1.12. The molecule has 1 N–H and O–H groups in total. The zero-order chi connectivity index (χ0) is 13.1. The summed E-state index contributed by atoms with van der Waals surface area (Å²) < 4.78 is 1.04. The van der Waals surface area contributed by atoms with Gasteiger partial charge in [-0.1, -0.05) is 0 Å². The van der Waals surface area contributed by atoms with Crippen molar-refractivity contribution in [3.8, 4) is 0 Å². The normalized spacial score (nSPS) is 17.9. The van der Waals surface area contributed by atoms with Gasteiger partial charge in [0.1, 0.15) is 0 Å². The van der Waals surface area contributed by atoms with Crippen molar-refractivity contribution in [3.63, 3.8) is 0 Å². The summed E-state index contributed by atoms with van der Waals surface area (Å²) in [4.78, 5) is 15.3. The van der Waals surface area contributed by atoms with E-state index in [9.17, 15) is 4.79 Å². The first-order valence-electron chi connectivity index (χ1n) is 6.35. The first kappa shape index (κ1) is 14.0. The fourth-order valence-corrected chi connectivity index (χ4v) is 3.70. The number of hydrogen-bond donors (Lipinski definition) is 1. The maximum atomic E-state index is 12.1. The van der Waals surface area contributed by atoms with Gasteiger partial charge < -0.3 is 10.2 Å². The highest BCUT2D eigenvalue weighted by Gasteiger charge is 2.17. The fraction of sp³-hybridized carbons (Fsp3) is 0.615. The predicted molar refractivity (Wildman–Crippen MR) is 79.4 cm³/mol. The van der Waals surface area contributed by atoms with Gasteiger partial charge in [0.05, 0.1) is 8.66 Å². The molecule has 2 heterocycles. The lowest BCUT2D eigenvalue weighted by Crippen LogP contribution is -2.40. The summed E-state index contributed by atoms with van der Waals surface area (Å²) in [7, 11) is 0. The van der Waals surface area contributed by atoms with Crippen molar-refractivity contribution in [2.75, 3.05) is 19.6 Å². The average Bonchev–Trinajstić information content (AvgIpc) is 2.90. The molecule has 0 saturated carbocycles. The number of rotatable bonds is 4. The molecule has 18 heavy (non-hydrogen) atoms. The zero-order valence-electron chi connectivity index (χ0n) is 10.8. The molecule has 0 spiro atoms. The van der Waals surface area contributed by atoms with Gasteiger partial charge in [-0.15, -0.1) is 11.3 Å². The van der Waals surface area contributed by atoms with Crippen LogP contribution in [0.5, 0.6) is 0 Å². The summed E-state index contributed by atoms with van der Waals surface area (Å²) in [6, 6.07) is 2.14. The number of aryl methyl sites for hydroxylation is 1. The van der Waals surface area contributed by atoms with Crippen molar-refractivity contribution >= 4 is 33.2 Å². The van der Waals surface area contributed by atoms with Crippen LogP contribution in [0.3, 0.4) is 0 Å². The molecule has 1 atom stereocenters. The Morgan fingerprint density at radius 1 is 1.56 bits per heavy atom. The van der Waals surface area contributed by atoms with E-state index in [-0.39, 0.29) is 11.9 Å². The van der Waals surface area contributed by atoms with Gasteiger partial charge in [-0.2, -0.15) is 0 Å². The quantitative estimate of drug-likeness (QED) is 0.920. The summed E-state index contributed by atoms with van der Waals surface area (Å²) in [6.07, 6.45) is 2.58. The molecule has 1 fully saturated rings. The van der Waals surface area contributed by atoms with Gasteiger partial charge in [0.2, 0.25) is 0 Å². The minimum atomic E-state index is 0.0421. The summed E-state index contributed by atoms with van der Waals surface area (Å²) in [5, 5.41) is 3.07. The standard InChI is InChI=1S/C13H19BrN2OS/c1-9-7-11(18-12(9)14)13(17)15-10(2)8-16-5-3-4-6-16/h7,10H,3-6,8H2,1-2H3,(H,15,17). The van der Waals surface area contributed by atoms with E-state index in [0.29, 0.717) is 0 Å². The van der Waals surface area contributed by atoms with Crippen molar-refractivity contribution in [2.45, 2.75) is 32.7 Å². The van der Waals surface area contributed by atoms with Crippen LogP contribution in [0.15, 0.2) is 9.85 Å². The van der Waals surface area contributed by atoms with E-state index in [1.54, 1.807) is 0 Å². The molecule has 1 aliphatic rings. The first-order chi connectivity index (χ1) is 8.56. The van der Waals surface area contributed by atoms with Crippen LogP contribution in [-0.4, -0.2) is 36.5 Å². The number of likely N-dealkylation sites (tertiary alicyclic amines) is 1. The van der Waals surface area contributed by atoms with Gasteiger partial charge in [-0.25, -0.2) is 0 Å². The van der Waals surface area contributed by atoms with Crippen LogP contribution >= 0.6 is 27.3 Å². The molecule has 0 aromatic carbocycles. The van der Waals surface area contributed by atoms with Crippen molar-refractivity contribution < 1.29 is 4.79 Å². The Bertz CT molecular complexity index is 407. The van der Waals surface area contributed by atoms with Gasteiger partial charge in [-0.05, 0) is 67.3 Å². The van der Waals surface area contributed by atoms with Crippen LogP contribution < -0.4 is 5.32 Å². The van der Waals surface area contributed by atoms with Gasteiger partial charge in [0.15, 0.2) is 0 Å². The molecule has 1 aromatic rings. The Kier molecular flexibility index (Phi) is 4.81. The summed E-state index contributed by atoms with van der Waals surface area (Å²) in [6.45, 7) is 7.38. The van der Waals surface area contributed by atoms with Crippen molar-refractivity contribution in [1.29, 1.82) is 0 Å². The molecule has 2 rings (SSSR count). The van der Waals surface area contributed by atoms with Gasteiger partial charge in [0, 0.05) is 12.6 Å². The van der Waals surface area contributed by atoms with E-state index in [1.807, 2.05) is 13.0 Å². The van der Waals surface area contributed by atoms with Crippen molar-refractivity contribution in [3.05, 3.63) is 20.3 Å². The Morgan fingerprint density at radius 3 is 2.78 bits per heavy atom. The zero-order valence-corrected chi connectivity index (χ0v) is 13.2. The minimum Gasteiger partial charge on any atom is -0.348 e. The molecule has 0 aliphatic carbocycles. The number of halogens is 1. The highest BCUT2D eigenvalue weighted by Crippen LogP contribution is 2.27.